The third-order valence-electron chi connectivity index (χ3n) is 7.40. The number of aromatic nitrogens is 2. The molecule has 1 unspecified atom stereocenters. The van der Waals surface area contributed by atoms with Gasteiger partial charge in [-0.25, -0.2) is 13.8 Å². The van der Waals surface area contributed by atoms with E-state index in [4.69, 9.17) is 5.26 Å². The van der Waals surface area contributed by atoms with Crippen molar-refractivity contribution in [3.63, 3.8) is 0 Å². The van der Waals surface area contributed by atoms with Gasteiger partial charge in [-0.2, -0.15) is 5.26 Å². The van der Waals surface area contributed by atoms with Crippen molar-refractivity contribution in [1.82, 2.24) is 19.8 Å². The number of halogens is 2. The van der Waals surface area contributed by atoms with Crippen molar-refractivity contribution < 1.29 is 18.4 Å². The third-order valence-corrected chi connectivity index (χ3v) is 7.40. The summed E-state index contributed by atoms with van der Waals surface area (Å²) in [6.07, 6.45) is 3.25. The summed E-state index contributed by atoms with van der Waals surface area (Å²) in [6.45, 7) is 4.74. The number of carbonyl (C=O) groups is 2. The topological polar surface area (TPSA) is 120 Å². The molecule has 1 N–H and O–H groups in total. The Morgan fingerprint density at radius 3 is 2.67 bits per heavy atom. The number of carbonyl (C=O) groups excluding carboxylic acids is 2. The summed E-state index contributed by atoms with van der Waals surface area (Å²) in [5, 5.41) is 12.1. The Balaban J connectivity index is 1.55. The van der Waals surface area contributed by atoms with Crippen LogP contribution in [0.15, 0.2) is 40.2 Å². The summed E-state index contributed by atoms with van der Waals surface area (Å²) in [6, 6.07) is 7.20. The molecule has 11 heteroatoms. The first-order valence-corrected chi connectivity index (χ1v) is 13.1. The fourth-order valence-electron chi connectivity index (χ4n) is 5.41. The van der Waals surface area contributed by atoms with Crippen molar-refractivity contribution >= 4 is 34.2 Å². The van der Waals surface area contributed by atoms with Crippen LogP contribution in [-0.4, -0.2) is 50.7 Å². The number of pyridine rings is 2. The smallest absolute Gasteiger partial charge is 0.265 e. The van der Waals surface area contributed by atoms with Crippen molar-refractivity contribution in [2.45, 2.75) is 58.3 Å². The largest absolute Gasteiger partial charge is 0.348 e. The van der Waals surface area contributed by atoms with E-state index in [1.807, 2.05) is 6.92 Å². The number of nitriles is 1. The lowest BCUT2D eigenvalue weighted by Gasteiger charge is -2.42. The molecule has 1 aromatic carbocycles. The van der Waals surface area contributed by atoms with E-state index >= 15 is 0 Å². The first kappa shape index (κ1) is 27.1. The number of likely N-dealkylation sites (tertiary alicyclic amines) is 1. The van der Waals surface area contributed by atoms with Crippen LogP contribution in [0, 0.1) is 17.1 Å². The van der Waals surface area contributed by atoms with Crippen LogP contribution < -0.4 is 10.9 Å². The van der Waals surface area contributed by atoms with Crippen molar-refractivity contribution in [2.75, 3.05) is 13.1 Å². The van der Waals surface area contributed by atoms with Crippen LogP contribution in [0.2, 0.25) is 0 Å². The van der Waals surface area contributed by atoms with Crippen LogP contribution >= 0.6 is 0 Å². The van der Waals surface area contributed by atoms with E-state index in [1.54, 1.807) is 12.3 Å². The van der Waals surface area contributed by atoms with E-state index in [0.29, 0.717) is 16.6 Å². The molecule has 1 saturated heterocycles. The predicted octanol–water partition coefficient (Wildman–Crippen LogP) is 3.90. The van der Waals surface area contributed by atoms with Crippen LogP contribution in [0.3, 0.4) is 0 Å². The van der Waals surface area contributed by atoms with Gasteiger partial charge in [0.1, 0.15) is 35.3 Å². The molecular weight excluding hydrogens is 518 g/mol. The van der Waals surface area contributed by atoms with Crippen LogP contribution in [0.5, 0.6) is 0 Å². The lowest BCUT2D eigenvalue weighted by molar-refractivity contribution is -0.144. The molecule has 40 heavy (non-hydrogen) atoms. The van der Waals surface area contributed by atoms with E-state index in [0.717, 1.165) is 30.2 Å². The van der Waals surface area contributed by atoms with Gasteiger partial charge >= 0.3 is 0 Å². The van der Waals surface area contributed by atoms with Gasteiger partial charge in [-0.1, -0.05) is 19.4 Å². The van der Waals surface area contributed by atoms with Gasteiger partial charge in [0.05, 0.1) is 30.5 Å². The summed E-state index contributed by atoms with van der Waals surface area (Å²) in [5.74, 6) is -1.91. The number of hydrogen-bond acceptors (Lipinski definition) is 6. The van der Waals surface area contributed by atoms with Gasteiger partial charge in [0.25, 0.3) is 11.5 Å². The zero-order chi connectivity index (χ0) is 28.8. The zero-order valence-corrected chi connectivity index (χ0v) is 22.4. The van der Waals surface area contributed by atoms with Crippen molar-refractivity contribution in [3.05, 3.63) is 68.9 Å². The molecule has 5 rings (SSSR count). The van der Waals surface area contributed by atoms with Crippen LogP contribution in [0.4, 0.5) is 14.5 Å². The molecule has 9 nitrogen and oxygen atoms in total. The fourth-order valence-corrected chi connectivity index (χ4v) is 5.41. The number of nitrogens with one attached hydrogen (secondary N) is 1. The average Bonchev–Trinajstić information content (AvgIpc) is 3.22. The molecule has 2 aliphatic heterocycles. The Kier molecular flexibility index (Phi) is 6.96. The molecule has 1 fully saturated rings. The summed E-state index contributed by atoms with van der Waals surface area (Å²) in [4.78, 5) is 50.4. The number of alkyl halides is 1. The number of hydrogen-bond donors (Lipinski definition) is 1. The molecule has 2 amide bonds. The Labute approximate surface area is 229 Å². The van der Waals surface area contributed by atoms with Crippen molar-refractivity contribution in [3.8, 4) is 6.07 Å². The third kappa shape index (κ3) is 4.85. The lowest BCUT2D eigenvalue weighted by Crippen LogP contribution is -2.60. The number of fused-ring (bicyclic) bond motifs is 3. The monoisotopic (exact) mass is 546 g/mol. The first-order chi connectivity index (χ1) is 19.0. The molecule has 0 bridgehead atoms. The highest BCUT2D eigenvalue weighted by Crippen LogP contribution is 2.41. The van der Waals surface area contributed by atoms with Gasteiger partial charge in [-0.05, 0) is 49.6 Å². The minimum atomic E-state index is -1.48. The van der Waals surface area contributed by atoms with Crippen LogP contribution in [0.1, 0.15) is 66.6 Å². The Morgan fingerprint density at radius 1 is 1.27 bits per heavy atom. The highest BCUT2D eigenvalue weighted by atomic mass is 19.1. The lowest BCUT2D eigenvalue weighted by atomic mass is 9.90. The van der Waals surface area contributed by atoms with Gasteiger partial charge in [0, 0.05) is 23.6 Å². The minimum absolute atomic E-state index is 0.0349. The van der Waals surface area contributed by atoms with Gasteiger partial charge in [-0.15, -0.1) is 0 Å². The highest BCUT2D eigenvalue weighted by molar-refractivity contribution is 6.04. The Bertz CT molecular complexity index is 1680. The molecule has 0 saturated carbocycles. The summed E-state index contributed by atoms with van der Waals surface area (Å²) < 4.78 is 29.3. The standard InChI is InChI=1S/C29H28F2N6O3/c1-4-5-19-16(2)35-23-12-33-26-20(25(19)23)9-21(27(39)34-11-17-6-7-18(10-32)22(30)8-17)28(40)37(26)13-24(38)36-14-29(3,31)15-36/h6-9,12,19H,4-5,11,13-15H2,1-3H3,(H,34,39). The molecule has 2 aromatic heterocycles. The van der Waals surface area contributed by atoms with E-state index in [9.17, 15) is 23.2 Å². The normalized spacial score (nSPS) is 17.1. The maximum Gasteiger partial charge on any atom is 0.265 e. The van der Waals surface area contributed by atoms with Crippen molar-refractivity contribution in [1.29, 1.82) is 5.26 Å². The number of rotatable bonds is 7. The summed E-state index contributed by atoms with van der Waals surface area (Å²) in [5.41, 5.74) is 0.525. The highest BCUT2D eigenvalue weighted by Gasteiger charge is 2.41. The van der Waals surface area contributed by atoms with Gasteiger partial charge in [0.15, 0.2) is 0 Å². The van der Waals surface area contributed by atoms with Gasteiger partial charge in [0.2, 0.25) is 5.91 Å². The van der Waals surface area contributed by atoms with E-state index in [2.05, 4.69) is 22.2 Å². The maximum atomic E-state index is 14.1. The first-order valence-electron chi connectivity index (χ1n) is 13.1. The second kappa shape index (κ2) is 10.3. The summed E-state index contributed by atoms with van der Waals surface area (Å²) in [7, 11) is 0. The molecule has 206 valence electrons. The molecule has 4 heterocycles. The number of benzene rings is 1. The fraction of sp³-hybridized carbons (Fsp3) is 0.379. The molecule has 0 radical (unpaired) electrons. The van der Waals surface area contributed by atoms with E-state index in [-0.39, 0.29) is 42.3 Å². The molecule has 0 spiro atoms. The SMILES string of the molecule is CCCC1C(C)=Nc2cnc3c(cc(C(=O)NCc4ccc(C#N)c(F)c4)c(=O)n3CC(=O)N3CC(C)(F)C3)c21. The molecular formula is C29H28F2N6O3. The quantitative estimate of drug-likeness (QED) is 0.482. The van der Waals surface area contributed by atoms with Crippen molar-refractivity contribution in [2.24, 2.45) is 4.99 Å². The second-order valence-electron chi connectivity index (χ2n) is 10.6. The zero-order valence-electron chi connectivity index (χ0n) is 22.4. The predicted molar refractivity (Wildman–Crippen MR) is 145 cm³/mol. The molecule has 2 aliphatic rings. The molecule has 1 atom stereocenters. The Hall–Kier alpha value is -4.46. The number of amides is 2. The summed E-state index contributed by atoms with van der Waals surface area (Å²) >= 11 is 0. The maximum absolute atomic E-state index is 14.1. The number of aliphatic imine (C=N–C) groups is 1. The Morgan fingerprint density at radius 2 is 2.02 bits per heavy atom. The van der Waals surface area contributed by atoms with E-state index < -0.39 is 35.4 Å². The number of nitrogens with zero attached hydrogens (tertiary/aromatic N) is 5. The average molecular weight is 547 g/mol. The van der Waals surface area contributed by atoms with Crippen LogP contribution in [-0.2, 0) is 17.9 Å². The molecule has 3 aromatic rings. The second-order valence-corrected chi connectivity index (χ2v) is 10.6. The van der Waals surface area contributed by atoms with Gasteiger partial charge in [-0.3, -0.25) is 23.9 Å². The minimum Gasteiger partial charge on any atom is -0.348 e. The van der Waals surface area contributed by atoms with Crippen LogP contribution in [0.25, 0.3) is 11.0 Å². The van der Waals surface area contributed by atoms with Gasteiger partial charge < -0.3 is 10.2 Å². The van der Waals surface area contributed by atoms with E-state index in [1.165, 1.54) is 34.6 Å². The molecule has 0 aliphatic carbocycles.